The van der Waals surface area contributed by atoms with Crippen molar-refractivity contribution >= 4 is 29.2 Å². The molecule has 0 fully saturated rings. The number of nitrogens with one attached hydrogen (secondary N) is 2. The molecule has 0 aliphatic heterocycles. The maximum Gasteiger partial charge on any atom is 0.268 e. The molecule has 0 aliphatic carbocycles. The number of hydrogen-bond donors (Lipinski definition) is 2. The van der Waals surface area contributed by atoms with Crippen molar-refractivity contribution in [3.63, 3.8) is 0 Å². The molecule has 0 spiro atoms. The van der Waals surface area contributed by atoms with Crippen LogP contribution in [0.5, 0.6) is 0 Å². The number of benzene rings is 2. The largest absolute Gasteiger partial charge is 0.344 e. The van der Waals surface area contributed by atoms with Gasteiger partial charge in [0.05, 0.1) is 6.04 Å². The highest BCUT2D eigenvalue weighted by Crippen LogP contribution is 2.20. The summed E-state index contributed by atoms with van der Waals surface area (Å²) < 4.78 is 0. The average Bonchev–Trinajstić information content (AvgIpc) is 3.21. The molecule has 0 bridgehead atoms. The molecule has 0 aliphatic rings. The van der Waals surface area contributed by atoms with Crippen molar-refractivity contribution in [2.75, 3.05) is 0 Å². The molecule has 154 valence electrons. The predicted molar refractivity (Wildman–Crippen MR) is 123 cm³/mol. The molecule has 3 rings (SSSR count). The van der Waals surface area contributed by atoms with Gasteiger partial charge < -0.3 is 10.6 Å². The third-order valence-corrected chi connectivity index (χ3v) is 5.70. The Morgan fingerprint density at radius 1 is 0.967 bits per heavy atom. The predicted octanol–water partition coefficient (Wildman–Crippen LogP) is 5.32. The number of aryl methyl sites for hydroxylation is 3. The summed E-state index contributed by atoms with van der Waals surface area (Å²) in [5.41, 5.74) is 5.15. The highest BCUT2D eigenvalue weighted by molar-refractivity contribution is 7.10. The summed E-state index contributed by atoms with van der Waals surface area (Å²) in [6.45, 7) is 7.99. The van der Waals surface area contributed by atoms with Crippen molar-refractivity contribution in [1.29, 1.82) is 0 Å². The zero-order valence-corrected chi connectivity index (χ0v) is 18.5. The summed E-state index contributed by atoms with van der Waals surface area (Å²) in [6, 6.07) is 17.0. The van der Waals surface area contributed by atoms with Crippen molar-refractivity contribution in [1.82, 2.24) is 10.6 Å². The minimum absolute atomic E-state index is 0.193. The third kappa shape index (κ3) is 5.45. The molecule has 1 heterocycles. The number of carbonyl (C=O) groups is 2. The molecule has 1 aromatic heterocycles. The Hall–Kier alpha value is -3.18. The fourth-order valence-corrected chi connectivity index (χ4v) is 3.89. The van der Waals surface area contributed by atoms with E-state index in [1.54, 1.807) is 18.2 Å². The van der Waals surface area contributed by atoms with Crippen LogP contribution in [-0.2, 0) is 4.79 Å². The van der Waals surface area contributed by atoms with Crippen LogP contribution in [0.4, 0.5) is 0 Å². The van der Waals surface area contributed by atoms with Crippen molar-refractivity contribution in [2.45, 2.75) is 33.7 Å². The fraction of sp³-hybridized carbons (Fsp3) is 0.200. The Kier molecular flexibility index (Phi) is 6.85. The fourth-order valence-electron chi connectivity index (χ4n) is 3.24. The van der Waals surface area contributed by atoms with E-state index < -0.39 is 0 Å². The maximum atomic E-state index is 13.1. The quantitative estimate of drug-likeness (QED) is 0.532. The van der Waals surface area contributed by atoms with E-state index in [4.69, 9.17) is 0 Å². The van der Waals surface area contributed by atoms with E-state index in [9.17, 15) is 9.59 Å². The molecular weight excluding hydrogens is 392 g/mol. The summed E-state index contributed by atoms with van der Waals surface area (Å²) in [5, 5.41) is 7.74. The molecule has 5 heteroatoms. The van der Waals surface area contributed by atoms with E-state index in [-0.39, 0.29) is 23.6 Å². The molecule has 1 atom stereocenters. The minimum Gasteiger partial charge on any atom is -0.344 e. The lowest BCUT2D eigenvalue weighted by atomic mass is 10.0. The Balaban J connectivity index is 1.82. The first-order chi connectivity index (χ1) is 14.3. The van der Waals surface area contributed by atoms with Crippen LogP contribution >= 0.6 is 11.3 Å². The highest BCUT2D eigenvalue weighted by atomic mass is 32.1. The molecule has 4 nitrogen and oxygen atoms in total. The van der Waals surface area contributed by atoms with Gasteiger partial charge in [0.15, 0.2) is 0 Å². The van der Waals surface area contributed by atoms with Crippen LogP contribution in [0.15, 0.2) is 65.7 Å². The first-order valence-corrected chi connectivity index (χ1v) is 10.7. The lowest BCUT2D eigenvalue weighted by Gasteiger charge is -2.18. The molecule has 0 unspecified atom stereocenters. The van der Waals surface area contributed by atoms with Gasteiger partial charge in [-0.2, -0.15) is 0 Å². The summed E-state index contributed by atoms with van der Waals surface area (Å²) >= 11 is 1.51. The van der Waals surface area contributed by atoms with Gasteiger partial charge >= 0.3 is 0 Å². The van der Waals surface area contributed by atoms with Crippen LogP contribution in [0.3, 0.4) is 0 Å². The zero-order valence-electron chi connectivity index (χ0n) is 17.7. The molecule has 2 N–H and O–H groups in total. The molecular formula is C25H26N2O2S. The number of thiophene rings is 1. The summed E-state index contributed by atoms with van der Waals surface area (Å²) in [4.78, 5) is 26.7. The van der Waals surface area contributed by atoms with E-state index in [0.29, 0.717) is 5.56 Å². The Morgan fingerprint density at radius 2 is 1.67 bits per heavy atom. The van der Waals surface area contributed by atoms with Gasteiger partial charge in [-0.3, -0.25) is 9.59 Å². The van der Waals surface area contributed by atoms with E-state index in [1.807, 2.05) is 69.5 Å². The number of amides is 2. The summed E-state index contributed by atoms with van der Waals surface area (Å²) in [5.74, 6) is -0.636. The van der Waals surface area contributed by atoms with Crippen molar-refractivity contribution in [2.24, 2.45) is 0 Å². The number of rotatable bonds is 6. The maximum absolute atomic E-state index is 13.1. The van der Waals surface area contributed by atoms with Gasteiger partial charge in [-0.05, 0) is 68.5 Å². The summed E-state index contributed by atoms with van der Waals surface area (Å²) in [7, 11) is 0. The third-order valence-electron chi connectivity index (χ3n) is 4.88. The molecule has 2 amide bonds. The molecule has 30 heavy (non-hydrogen) atoms. The lowest BCUT2D eigenvalue weighted by molar-refractivity contribution is -0.118. The SMILES string of the molecule is Cc1ccc(C(=O)N/C(=C\c2cccs2)C(=O)N[C@H](C)c2ccc(C)cc2C)cc1. The Morgan fingerprint density at radius 3 is 2.30 bits per heavy atom. The van der Waals surface area contributed by atoms with Gasteiger partial charge in [-0.1, -0.05) is 47.5 Å². The van der Waals surface area contributed by atoms with E-state index >= 15 is 0 Å². The second-order valence-electron chi connectivity index (χ2n) is 7.45. The number of hydrogen-bond acceptors (Lipinski definition) is 3. The topological polar surface area (TPSA) is 58.2 Å². The minimum atomic E-state index is -0.323. The normalized spacial score (nSPS) is 12.3. The van der Waals surface area contributed by atoms with Crippen LogP contribution in [0.25, 0.3) is 6.08 Å². The van der Waals surface area contributed by atoms with Gasteiger partial charge in [0.2, 0.25) is 0 Å². The monoisotopic (exact) mass is 418 g/mol. The van der Waals surface area contributed by atoms with Crippen molar-refractivity contribution in [3.8, 4) is 0 Å². The molecule has 0 saturated carbocycles. The lowest BCUT2D eigenvalue weighted by Crippen LogP contribution is -2.36. The Bertz CT molecular complexity index is 1070. The Labute approximate surface area is 181 Å². The van der Waals surface area contributed by atoms with Gasteiger partial charge in [0.25, 0.3) is 11.8 Å². The van der Waals surface area contributed by atoms with Gasteiger partial charge in [0.1, 0.15) is 5.70 Å². The second-order valence-corrected chi connectivity index (χ2v) is 8.43. The molecule has 3 aromatic rings. The molecule has 2 aromatic carbocycles. The van der Waals surface area contributed by atoms with Crippen LogP contribution in [0, 0.1) is 20.8 Å². The van der Waals surface area contributed by atoms with Gasteiger partial charge in [0, 0.05) is 10.4 Å². The zero-order chi connectivity index (χ0) is 21.7. The van der Waals surface area contributed by atoms with Crippen LogP contribution in [-0.4, -0.2) is 11.8 Å². The summed E-state index contributed by atoms with van der Waals surface area (Å²) in [6.07, 6.45) is 1.71. The van der Waals surface area contributed by atoms with Crippen LogP contribution in [0.2, 0.25) is 0 Å². The number of carbonyl (C=O) groups excluding carboxylic acids is 2. The first kappa shape index (κ1) is 21.5. The van der Waals surface area contributed by atoms with Gasteiger partial charge in [-0.25, -0.2) is 0 Å². The molecule has 0 radical (unpaired) electrons. The van der Waals surface area contributed by atoms with E-state index in [1.165, 1.54) is 16.9 Å². The van der Waals surface area contributed by atoms with Gasteiger partial charge in [-0.15, -0.1) is 11.3 Å². The van der Waals surface area contributed by atoms with Crippen molar-refractivity contribution < 1.29 is 9.59 Å². The van der Waals surface area contributed by atoms with Crippen molar-refractivity contribution in [3.05, 3.63) is 98.4 Å². The van der Waals surface area contributed by atoms with E-state index in [0.717, 1.165) is 21.6 Å². The van der Waals surface area contributed by atoms with E-state index in [2.05, 4.69) is 16.7 Å². The van der Waals surface area contributed by atoms with Crippen LogP contribution < -0.4 is 10.6 Å². The molecule has 0 saturated heterocycles. The highest BCUT2D eigenvalue weighted by Gasteiger charge is 2.18. The average molecular weight is 419 g/mol. The first-order valence-electron chi connectivity index (χ1n) is 9.84. The van der Waals surface area contributed by atoms with Crippen LogP contribution in [0.1, 0.15) is 50.5 Å². The standard InChI is InChI=1S/C25H26N2O2S/c1-16-7-10-20(11-8-16)24(28)27-23(15-21-6-5-13-30-21)25(29)26-19(4)22-12-9-17(2)14-18(22)3/h5-15,19H,1-4H3,(H,26,29)(H,27,28)/b23-15-/t19-/m1/s1. The second kappa shape index (κ2) is 9.55. The smallest absolute Gasteiger partial charge is 0.268 e.